The smallest absolute Gasteiger partial charge is 0.168 e. The van der Waals surface area contributed by atoms with Gasteiger partial charge in [0.25, 0.3) is 0 Å². The molecule has 1 spiro atoms. The Morgan fingerprint density at radius 1 is 1.00 bits per heavy atom. The summed E-state index contributed by atoms with van der Waals surface area (Å²) >= 11 is 0. The minimum atomic E-state index is -0.242. The second-order valence-corrected chi connectivity index (χ2v) is 7.54. The monoisotopic (exact) mass is 315 g/mol. The third-order valence-corrected chi connectivity index (χ3v) is 5.99. The van der Waals surface area contributed by atoms with Gasteiger partial charge in [-0.3, -0.25) is 0 Å². The maximum absolute atomic E-state index is 5.86. The molecule has 0 bridgehead atoms. The first kappa shape index (κ1) is 15.6. The molecule has 126 valence electrons. The lowest BCUT2D eigenvalue weighted by Gasteiger charge is -2.38. The number of rotatable bonds is 5. The van der Waals surface area contributed by atoms with Crippen molar-refractivity contribution in [1.29, 1.82) is 0 Å². The van der Waals surface area contributed by atoms with Crippen molar-refractivity contribution in [3.8, 4) is 0 Å². The molecule has 1 N–H and O–H groups in total. The fourth-order valence-electron chi connectivity index (χ4n) is 4.34. The quantitative estimate of drug-likeness (QED) is 0.883. The van der Waals surface area contributed by atoms with Crippen LogP contribution in [0.4, 0.5) is 0 Å². The fourth-order valence-corrected chi connectivity index (χ4v) is 4.34. The van der Waals surface area contributed by atoms with Crippen LogP contribution in [0, 0.1) is 5.92 Å². The Labute approximate surface area is 139 Å². The normalized spacial score (nSPS) is 26.3. The Morgan fingerprint density at radius 3 is 2.30 bits per heavy atom. The molecule has 2 saturated carbocycles. The Balaban J connectivity index is 1.37. The Bertz CT molecular complexity index is 484. The molecule has 1 aliphatic heterocycles. The standard InChI is InChI=1S/C20H29NO2/c1-2-7-17(8-3-1)19(15-16-5-4-6-16)21-18-9-11-20(12-10-18)22-13-14-23-20/h1-3,7-8,16,18-19,21H,4-6,9-15H2/t19-/m0/s1. The Kier molecular flexibility index (Phi) is 4.70. The van der Waals surface area contributed by atoms with E-state index >= 15 is 0 Å². The van der Waals surface area contributed by atoms with Gasteiger partial charge in [0.2, 0.25) is 0 Å². The van der Waals surface area contributed by atoms with Crippen LogP contribution in [0.25, 0.3) is 0 Å². The van der Waals surface area contributed by atoms with Crippen molar-refractivity contribution in [2.24, 2.45) is 5.92 Å². The van der Waals surface area contributed by atoms with Crippen LogP contribution in [-0.2, 0) is 9.47 Å². The first-order chi connectivity index (χ1) is 11.3. The molecule has 0 aromatic heterocycles. The predicted octanol–water partition coefficient (Wildman–Crippen LogP) is 4.19. The van der Waals surface area contributed by atoms with Crippen molar-refractivity contribution in [3.63, 3.8) is 0 Å². The molecular formula is C20H29NO2. The molecule has 23 heavy (non-hydrogen) atoms. The molecule has 3 nitrogen and oxygen atoms in total. The third-order valence-electron chi connectivity index (χ3n) is 5.99. The molecule has 2 aliphatic carbocycles. The van der Waals surface area contributed by atoms with Crippen molar-refractivity contribution < 1.29 is 9.47 Å². The maximum Gasteiger partial charge on any atom is 0.168 e. The second-order valence-electron chi connectivity index (χ2n) is 7.54. The van der Waals surface area contributed by atoms with E-state index in [0.717, 1.165) is 44.8 Å². The van der Waals surface area contributed by atoms with Crippen LogP contribution in [0.3, 0.4) is 0 Å². The van der Waals surface area contributed by atoms with Crippen molar-refractivity contribution in [2.45, 2.75) is 69.2 Å². The van der Waals surface area contributed by atoms with Crippen molar-refractivity contribution in [2.75, 3.05) is 13.2 Å². The number of hydrogen-bond acceptors (Lipinski definition) is 3. The zero-order valence-corrected chi connectivity index (χ0v) is 14.0. The lowest BCUT2D eigenvalue weighted by Crippen LogP contribution is -2.43. The van der Waals surface area contributed by atoms with E-state index < -0.39 is 0 Å². The highest BCUT2D eigenvalue weighted by Gasteiger charge is 2.40. The van der Waals surface area contributed by atoms with Crippen LogP contribution in [0.15, 0.2) is 30.3 Å². The van der Waals surface area contributed by atoms with Gasteiger partial charge in [0, 0.05) is 24.9 Å². The van der Waals surface area contributed by atoms with Gasteiger partial charge in [-0.25, -0.2) is 0 Å². The summed E-state index contributed by atoms with van der Waals surface area (Å²) in [5.41, 5.74) is 1.45. The van der Waals surface area contributed by atoms with Gasteiger partial charge in [-0.15, -0.1) is 0 Å². The van der Waals surface area contributed by atoms with E-state index in [2.05, 4.69) is 35.6 Å². The highest BCUT2D eigenvalue weighted by molar-refractivity contribution is 5.19. The van der Waals surface area contributed by atoms with Gasteiger partial charge in [0.1, 0.15) is 0 Å². The van der Waals surface area contributed by atoms with Gasteiger partial charge < -0.3 is 14.8 Å². The Morgan fingerprint density at radius 2 is 1.70 bits per heavy atom. The van der Waals surface area contributed by atoms with E-state index in [1.807, 2.05) is 0 Å². The largest absolute Gasteiger partial charge is 0.348 e. The van der Waals surface area contributed by atoms with E-state index in [9.17, 15) is 0 Å². The molecular weight excluding hydrogens is 286 g/mol. The first-order valence-electron chi connectivity index (χ1n) is 9.42. The minimum Gasteiger partial charge on any atom is -0.348 e. The van der Waals surface area contributed by atoms with Gasteiger partial charge in [-0.05, 0) is 30.7 Å². The average Bonchev–Trinajstić information content (AvgIpc) is 3.01. The molecule has 0 amide bonds. The predicted molar refractivity (Wildman–Crippen MR) is 91.2 cm³/mol. The topological polar surface area (TPSA) is 30.5 Å². The molecule has 0 radical (unpaired) electrons. The molecule has 1 saturated heterocycles. The highest BCUT2D eigenvalue weighted by atomic mass is 16.7. The van der Waals surface area contributed by atoms with Gasteiger partial charge in [0.15, 0.2) is 5.79 Å². The summed E-state index contributed by atoms with van der Waals surface area (Å²) in [6, 6.07) is 12.1. The van der Waals surface area contributed by atoms with E-state index in [0.29, 0.717) is 12.1 Å². The summed E-state index contributed by atoms with van der Waals surface area (Å²) in [6.45, 7) is 1.54. The van der Waals surface area contributed by atoms with Crippen LogP contribution in [0.5, 0.6) is 0 Å². The molecule has 1 aromatic carbocycles. The van der Waals surface area contributed by atoms with Gasteiger partial charge >= 0.3 is 0 Å². The molecule has 3 fully saturated rings. The van der Waals surface area contributed by atoms with Crippen LogP contribution in [0.2, 0.25) is 0 Å². The van der Waals surface area contributed by atoms with Gasteiger partial charge in [-0.1, -0.05) is 49.6 Å². The summed E-state index contributed by atoms with van der Waals surface area (Å²) in [4.78, 5) is 0. The number of benzene rings is 1. The first-order valence-corrected chi connectivity index (χ1v) is 9.42. The summed E-state index contributed by atoms with van der Waals surface area (Å²) < 4.78 is 11.7. The van der Waals surface area contributed by atoms with E-state index in [-0.39, 0.29) is 5.79 Å². The summed E-state index contributed by atoms with van der Waals surface area (Å²) in [7, 11) is 0. The minimum absolute atomic E-state index is 0.242. The molecule has 1 heterocycles. The van der Waals surface area contributed by atoms with E-state index in [4.69, 9.17) is 9.47 Å². The van der Waals surface area contributed by atoms with Gasteiger partial charge in [-0.2, -0.15) is 0 Å². The molecule has 1 aromatic rings. The average molecular weight is 315 g/mol. The van der Waals surface area contributed by atoms with Crippen LogP contribution < -0.4 is 5.32 Å². The number of ether oxygens (including phenoxy) is 2. The third kappa shape index (κ3) is 3.62. The SMILES string of the molecule is c1ccc([C@H](CC2CCC2)NC2CCC3(CC2)OCCO3)cc1. The van der Waals surface area contributed by atoms with Crippen LogP contribution >= 0.6 is 0 Å². The molecule has 3 heteroatoms. The summed E-state index contributed by atoms with van der Waals surface area (Å²) in [6.07, 6.45) is 9.94. The molecule has 4 rings (SSSR count). The summed E-state index contributed by atoms with van der Waals surface area (Å²) in [5, 5.41) is 3.97. The van der Waals surface area contributed by atoms with E-state index in [1.54, 1.807) is 0 Å². The second kappa shape index (κ2) is 6.92. The molecule has 3 aliphatic rings. The fraction of sp³-hybridized carbons (Fsp3) is 0.700. The number of nitrogens with one attached hydrogen (secondary N) is 1. The molecule has 0 unspecified atom stereocenters. The van der Waals surface area contributed by atoms with Crippen LogP contribution in [0.1, 0.15) is 63.0 Å². The van der Waals surface area contributed by atoms with Gasteiger partial charge in [0.05, 0.1) is 13.2 Å². The van der Waals surface area contributed by atoms with Crippen molar-refractivity contribution in [3.05, 3.63) is 35.9 Å². The zero-order valence-electron chi connectivity index (χ0n) is 14.0. The lowest BCUT2D eigenvalue weighted by atomic mass is 9.79. The van der Waals surface area contributed by atoms with Crippen molar-refractivity contribution >= 4 is 0 Å². The van der Waals surface area contributed by atoms with Crippen LogP contribution in [-0.4, -0.2) is 25.0 Å². The lowest BCUT2D eigenvalue weighted by molar-refractivity contribution is -0.179. The number of hydrogen-bond donors (Lipinski definition) is 1. The Hall–Kier alpha value is -0.900. The van der Waals surface area contributed by atoms with Crippen molar-refractivity contribution in [1.82, 2.24) is 5.32 Å². The van der Waals surface area contributed by atoms with E-state index in [1.165, 1.54) is 31.2 Å². The highest BCUT2D eigenvalue weighted by Crippen LogP contribution is 2.38. The molecule has 1 atom stereocenters. The maximum atomic E-state index is 5.86. The zero-order chi connectivity index (χ0) is 15.5. The summed E-state index contributed by atoms with van der Waals surface area (Å²) in [5.74, 6) is 0.679.